The Balaban J connectivity index is 1.68. The number of aryl methyl sites for hydroxylation is 2. The molecule has 0 aliphatic carbocycles. The molecule has 28 heavy (non-hydrogen) atoms. The quantitative estimate of drug-likeness (QED) is 0.483. The molecule has 0 spiro atoms. The van der Waals surface area contributed by atoms with Crippen LogP contribution in [0.15, 0.2) is 59.1 Å². The minimum absolute atomic E-state index is 0.585. The lowest BCUT2D eigenvalue weighted by atomic mass is 10.1. The molecule has 4 aromatic rings. The van der Waals surface area contributed by atoms with Crippen molar-refractivity contribution in [3.63, 3.8) is 0 Å². The minimum atomic E-state index is 0.585. The molecule has 0 radical (unpaired) electrons. The van der Waals surface area contributed by atoms with Gasteiger partial charge in [0.1, 0.15) is 5.82 Å². The van der Waals surface area contributed by atoms with Gasteiger partial charge in [0, 0.05) is 18.4 Å². The molecular formula is C23H24N4O. The molecule has 0 bridgehead atoms. The summed E-state index contributed by atoms with van der Waals surface area (Å²) in [4.78, 5) is 9.47. The van der Waals surface area contributed by atoms with E-state index in [9.17, 15) is 0 Å². The van der Waals surface area contributed by atoms with Gasteiger partial charge < -0.3 is 9.84 Å². The molecule has 4 rings (SSSR count). The van der Waals surface area contributed by atoms with Crippen LogP contribution in [0.1, 0.15) is 30.4 Å². The average molecular weight is 372 g/mol. The van der Waals surface area contributed by atoms with E-state index >= 15 is 0 Å². The molecule has 0 aliphatic rings. The van der Waals surface area contributed by atoms with E-state index in [1.54, 1.807) is 0 Å². The van der Waals surface area contributed by atoms with Crippen LogP contribution in [0.4, 0.5) is 5.82 Å². The summed E-state index contributed by atoms with van der Waals surface area (Å²) >= 11 is 0. The molecule has 0 atom stereocenters. The highest BCUT2D eigenvalue weighted by molar-refractivity contribution is 5.89. The zero-order chi connectivity index (χ0) is 19.3. The van der Waals surface area contributed by atoms with Crippen LogP contribution < -0.4 is 5.32 Å². The second-order valence-electron chi connectivity index (χ2n) is 6.96. The van der Waals surface area contributed by atoms with E-state index in [1.165, 1.54) is 5.56 Å². The maximum absolute atomic E-state index is 5.41. The Labute approximate surface area is 164 Å². The summed E-state index contributed by atoms with van der Waals surface area (Å²) in [7, 11) is 0. The van der Waals surface area contributed by atoms with E-state index < -0.39 is 0 Å². The maximum atomic E-state index is 5.41. The third kappa shape index (κ3) is 3.88. The molecule has 5 heteroatoms. The second kappa shape index (κ2) is 8.21. The van der Waals surface area contributed by atoms with Crippen molar-refractivity contribution in [3.05, 3.63) is 71.6 Å². The molecule has 2 aromatic carbocycles. The van der Waals surface area contributed by atoms with E-state index in [2.05, 4.69) is 71.8 Å². The van der Waals surface area contributed by atoms with E-state index in [4.69, 9.17) is 9.51 Å². The monoisotopic (exact) mass is 372 g/mol. The third-order valence-corrected chi connectivity index (χ3v) is 4.77. The molecule has 0 saturated heterocycles. The third-order valence-electron chi connectivity index (χ3n) is 4.77. The number of nitrogens with one attached hydrogen (secondary N) is 1. The van der Waals surface area contributed by atoms with Gasteiger partial charge in [-0.3, -0.25) is 0 Å². The molecule has 1 N–H and O–H groups in total. The summed E-state index contributed by atoms with van der Waals surface area (Å²) < 4.78 is 5.41. The van der Waals surface area contributed by atoms with Crippen LogP contribution in [-0.2, 0) is 12.8 Å². The fourth-order valence-electron chi connectivity index (χ4n) is 3.30. The molecule has 2 heterocycles. The number of para-hydroxylation sites is 1. The lowest BCUT2D eigenvalue weighted by Crippen LogP contribution is -2.08. The van der Waals surface area contributed by atoms with Crippen molar-refractivity contribution >= 4 is 16.7 Å². The second-order valence-corrected chi connectivity index (χ2v) is 6.96. The molecule has 0 aliphatic heterocycles. The molecule has 0 unspecified atom stereocenters. The smallest absolute Gasteiger partial charge is 0.226 e. The first-order chi connectivity index (χ1) is 13.7. The molecular weight excluding hydrogens is 348 g/mol. The lowest BCUT2D eigenvalue weighted by molar-refractivity contribution is 0.378. The predicted octanol–water partition coefficient (Wildman–Crippen LogP) is 5.20. The molecule has 2 aromatic heterocycles. The van der Waals surface area contributed by atoms with Crippen molar-refractivity contribution in [1.82, 2.24) is 15.1 Å². The Morgan fingerprint density at radius 2 is 1.82 bits per heavy atom. The summed E-state index contributed by atoms with van der Waals surface area (Å²) in [6.07, 6.45) is 2.67. The van der Waals surface area contributed by atoms with Gasteiger partial charge in [-0.05, 0) is 37.0 Å². The van der Waals surface area contributed by atoms with Gasteiger partial charge in [0.05, 0.1) is 11.1 Å². The Bertz CT molecular complexity index is 1070. The highest BCUT2D eigenvalue weighted by Gasteiger charge is 2.15. The standard InChI is InChI=1S/C23H24N4O/c1-3-8-20-25-23(27-28-20)19-15-18-12-7-9-16(2)21(18)26-22(19)24-14-13-17-10-5-4-6-11-17/h4-7,9-12,15H,3,8,13-14H2,1-2H3,(H,24,26). The van der Waals surface area contributed by atoms with Crippen molar-refractivity contribution in [2.45, 2.75) is 33.1 Å². The van der Waals surface area contributed by atoms with Crippen LogP contribution in [0.25, 0.3) is 22.3 Å². The number of nitrogens with zero attached hydrogens (tertiary/aromatic N) is 3. The number of hydrogen-bond acceptors (Lipinski definition) is 5. The SMILES string of the molecule is CCCc1nc(-c2cc3cccc(C)c3nc2NCCc2ccccc2)no1. The average Bonchev–Trinajstić information content (AvgIpc) is 3.18. The van der Waals surface area contributed by atoms with Crippen LogP contribution >= 0.6 is 0 Å². The Kier molecular flexibility index (Phi) is 5.33. The van der Waals surface area contributed by atoms with Crippen molar-refractivity contribution in [1.29, 1.82) is 0 Å². The van der Waals surface area contributed by atoms with Gasteiger partial charge >= 0.3 is 0 Å². The Morgan fingerprint density at radius 3 is 2.64 bits per heavy atom. The number of rotatable bonds is 7. The predicted molar refractivity (Wildman–Crippen MR) is 112 cm³/mol. The van der Waals surface area contributed by atoms with E-state index in [1.807, 2.05) is 12.1 Å². The largest absolute Gasteiger partial charge is 0.369 e. The first kappa shape index (κ1) is 18.2. The van der Waals surface area contributed by atoms with Crippen molar-refractivity contribution in [2.24, 2.45) is 0 Å². The van der Waals surface area contributed by atoms with Crippen molar-refractivity contribution < 1.29 is 4.52 Å². The lowest BCUT2D eigenvalue weighted by Gasteiger charge is -2.12. The van der Waals surface area contributed by atoms with Crippen LogP contribution in [-0.4, -0.2) is 21.7 Å². The zero-order valence-electron chi connectivity index (χ0n) is 16.3. The molecule has 142 valence electrons. The van der Waals surface area contributed by atoms with Gasteiger partial charge in [0.15, 0.2) is 0 Å². The van der Waals surface area contributed by atoms with E-state index in [0.29, 0.717) is 11.7 Å². The van der Waals surface area contributed by atoms with Crippen LogP contribution in [0.5, 0.6) is 0 Å². The van der Waals surface area contributed by atoms with Gasteiger partial charge in [0.2, 0.25) is 11.7 Å². The number of benzene rings is 2. The van der Waals surface area contributed by atoms with Crippen LogP contribution in [0.3, 0.4) is 0 Å². The zero-order valence-corrected chi connectivity index (χ0v) is 16.3. The summed E-state index contributed by atoms with van der Waals surface area (Å²) in [6, 6.07) is 18.7. The number of aromatic nitrogens is 3. The van der Waals surface area contributed by atoms with Crippen molar-refractivity contribution in [2.75, 3.05) is 11.9 Å². The molecule has 0 fully saturated rings. The Hall–Kier alpha value is -3.21. The first-order valence-corrected chi connectivity index (χ1v) is 9.75. The number of pyridine rings is 1. The minimum Gasteiger partial charge on any atom is -0.369 e. The maximum Gasteiger partial charge on any atom is 0.226 e. The Morgan fingerprint density at radius 1 is 0.964 bits per heavy atom. The molecule has 0 amide bonds. The molecule has 0 saturated carbocycles. The highest BCUT2D eigenvalue weighted by Crippen LogP contribution is 2.29. The topological polar surface area (TPSA) is 63.8 Å². The fourth-order valence-corrected chi connectivity index (χ4v) is 3.30. The molecule has 5 nitrogen and oxygen atoms in total. The first-order valence-electron chi connectivity index (χ1n) is 9.75. The summed E-state index contributed by atoms with van der Waals surface area (Å²) in [5, 5.41) is 8.76. The summed E-state index contributed by atoms with van der Waals surface area (Å²) in [5.74, 6) is 2.04. The van der Waals surface area contributed by atoms with E-state index in [-0.39, 0.29) is 0 Å². The van der Waals surface area contributed by atoms with E-state index in [0.717, 1.165) is 53.7 Å². The fraction of sp³-hybridized carbons (Fsp3) is 0.261. The van der Waals surface area contributed by atoms with Crippen LogP contribution in [0.2, 0.25) is 0 Å². The highest BCUT2D eigenvalue weighted by atomic mass is 16.5. The van der Waals surface area contributed by atoms with Gasteiger partial charge in [-0.15, -0.1) is 0 Å². The summed E-state index contributed by atoms with van der Waals surface area (Å²) in [6.45, 7) is 4.96. The number of hydrogen-bond donors (Lipinski definition) is 1. The number of fused-ring (bicyclic) bond motifs is 1. The van der Waals surface area contributed by atoms with Crippen LogP contribution in [0, 0.1) is 6.92 Å². The van der Waals surface area contributed by atoms with Gasteiger partial charge in [-0.2, -0.15) is 4.98 Å². The summed E-state index contributed by atoms with van der Waals surface area (Å²) in [5.41, 5.74) is 4.30. The number of anilines is 1. The van der Waals surface area contributed by atoms with Gasteiger partial charge in [-0.25, -0.2) is 4.98 Å². The van der Waals surface area contributed by atoms with Gasteiger partial charge in [0.25, 0.3) is 0 Å². The normalized spacial score (nSPS) is 11.1. The van der Waals surface area contributed by atoms with Crippen molar-refractivity contribution in [3.8, 4) is 11.4 Å². The van der Waals surface area contributed by atoms with Gasteiger partial charge in [-0.1, -0.05) is 60.6 Å².